The molecule has 0 aliphatic heterocycles. The van der Waals surface area contributed by atoms with E-state index in [1.807, 2.05) is 0 Å². The first kappa shape index (κ1) is 15.5. The van der Waals surface area contributed by atoms with Gasteiger partial charge in [-0.1, -0.05) is 65.2 Å². The first-order valence-corrected chi connectivity index (χ1v) is 10.7. The van der Waals surface area contributed by atoms with Crippen molar-refractivity contribution in [3.63, 3.8) is 0 Å². The third kappa shape index (κ3) is 2.89. The summed E-state index contributed by atoms with van der Waals surface area (Å²) >= 11 is 0. The molecule has 4 rings (SSSR count). The van der Waals surface area contributed by atoms with E-state index < -0.39 is 0 Å². The summed E-state index contributed by atoms with van der Waals surface area (Å²) in [4.78, 5) is 0. The zero-order valence-electron chi connectivity index (χ0n) is 15.1. The Labute approximate surface area is 138 Å². The number of hydrogen-bond acceptors (Lipinski definition) is 0. The van der Waals surface area contributed by atoms with Crippen LogP contribution in [0.15, 0.2) is 0 Å². The molecule has 0 bridgehead atoms. The van der Waals surface area contributed by atoms with Crippen LogP contribution in [-0.2, 0) is 0 Å². The highest BCUT2D eigenvalue weighted by Crippen LogP contribution is 2.54. The van der Waals surface area contributed by atoms with E-state index in [1.54, 1.807) is 51.4 Å². The standard InChI is InChI=1S/C22H38/c1-15-11-17-7-3-5-9-19(17)13-21(15)22-14-20-10-6-4-8-18(20)12-16(22)2/h15-22H,3-14H2,1-2H3. The van der Waals surface area contributed by atoms with E-state index in [1.165, 1.54) is 25.7 Å². The van der Waals surface area contributed by atoms with Gasteiger partial charge in [-0.25, -0.2) is 0 Å². The molecule has 0 aromatic heterocycles. The molecule has 0 heterocycles. The molecule has 126 valence electrons. The highest BCUT2D eigenvalue weighted by molar-refractivity contribution is 4.94. The predicted octanol–water partition coefficient (Wildman–Crippen LogP) is 6.69. The number of rotatable bonds is 1. The van der Waals surface area contributed by atoms with Crippen molar-refractivity contribution in [3.8, 4) is 0 Å². The summed E-state index contributed by atoms with van der Waals surface area (Å²) in [5.41, 5.74) is 0. The van der Waals surface area contributed by atoms with Gasteiger partial charge in [0.1, 0.15) is 0 Å². The lowest BCUT2D eigenvalue weighted by atomic mass is 9.54. The van der Waals surface area contributed by atoms with Gasteiger partial charge in [0, 0.05) is 0 Å². The Hall–Kier alpha value is 0. The minimum Gasteiger partial charge on any atom is -0.0622 e. The SMILES string of the molecule is CC1CC2CCCCC2CC1C1CC2CCCCC2CC1C. The lowest BCUT2D eigenvalue weighted by Gasteiger charge is -2.51. The molecule has 4 saturated carbocycles. The third-order valence-corrected chi connectivity index (χ3v) is 8.64. The minimum atomic E-state index is 1.02. The van der Waals surface area contributed by atoms with Gasteiger partial charge in [0.05, 0.1) is 0 Å². The predicted molar refractivity (Wildman–Crippen MR) is 94.7 cm³/mol. The molecular formula is C22H38. The Kier molecular flexibility index (Phi) is 4.57. The summed E-state index contributed by atoms with van der Waals surface area (Å²) in [6.07, 6.45) is 18.8. The van der Waals surface area contributed by atoms with Gasteiger partial charge in [0.25, 0.3) is 0 Å². The van der Waals surface area contributed by atoms with E-state index in [2.05, 4.69) is 13.8 Å². The highest BCUT2D eigenvalue weighted by Gasteiger charge is 2.44. The van der Waals surface area contributed by atoms with E-state index in [0.717, 1.165) is 47.3 Å². The molecule has 4 aliphatic carbocycles. The van der Waals surface area contributed by atoms with Crippen LogP contribution in [0.1, 0.15) is 90.9 Å². The molecule has 0 radical (unpaired) electrons. The van der Waals surface area contributed by atoms with Crippen molar-refractivity contribution in [2.75, 3.05) is 0 Å². The molecule has 0 heteroatoms. The summed E-state index contributed by atoms with van der Waals surface area (Å²) < 4.78 is 0. The normalized spacial score (nSPS) is 52.6. The zero-order chi connectivity index (χ0) is 15.1. The minimum absolute atomic E-state index is 1.02. The van der Waals surface area contributed by atoms with E-state index in [-0.39, 0.29) is 0 Å². The van der Waals surface area contributed by atoms with Crippen molar-refractivity contribution in [3.05, 3.63) is 0 Å². The first-order valence-electron chi connectivity index (χ1n) is 10.7. The van der Waals surface area contributed by atoms with E-state index >= 15 is 0 Å². The molecule has 0 aromatic carbocycles. The molecule has 8 atom stereocenters. The molecular weight excluding hydrogens is 264 g/mol. The van der Waals surface area contributed by atoms with Crippen LogP contribution >= 0.6 is 0 Å². The topological polar surface area (TPSA) is 0 Å². The molecule has 4 fully saturated rings. The van der Waals surface area contributed by atoms with Crippen LogP contribution in [0.2, 0.25) is 0 Å². The monoisotopic (exact) mass is 302 g/mol. The van der Waals surface area contributed by atoms with Crippen LogP contribution in [0.25, 0.3) is 0 Å². The molecule has 0 N–H and O–H groups in total. The van der Waals surface area contributed by atoms with Crippen LogP contribution in [0, 0.1) is 47.3 Å². The van der Waals surface area contributed by atoms with Crippen LogP contribution in [-0.4, -0.2) is 0 Å². The Morgan fingerprint density at radius 2 is 0.773 bits per heavy atom. The molecule has 0 aromatic rings. The van der Waals surface area contributed by atoms with Crippen LogP contribution in [0.4, 0.5) is 0 Å². The third-order valence-electron chi connectivity index (χ3n) is 8.64. The average molecular weight is 303 g/mol. The van der Waals surface area contributed by atoms with Crippen molar-refractivity contribution < 1.29 is 0 Å². The van der Waals surface area contributed by atoms with E-state index in [0.29, 0.717) is 0 Å². The molecule has 0 nitrogen and oxygen atoms in total. The zero-order valence-corrected chi connectivity index (χ0v) is 15.1. The smallest absolute Gasteiger partial charge is 0.0355 e. The van der Waals surface area contributed by atoms with Gasteiger partial charge in [0.15, 0.2) is 0 Å². The Bertz CT molecular complexity index is 336. The maximum absolute atomic E-state index is 2.62. The van der Waals surface area contributed by atoms with Crippen LogP contribution in [0.5, 0.6) is 0 Å². The quantitative estimate of drug-likeness (QED) is 0.506. The lowest BCUT2D eigenvalue weighted by Crippen LogP contribution is -2.42. The van der Waals surface area contributed by atoms with Crippen molar-refractivity contribution in [1.82, 2.24) is 0 Å². The van der Waals surface area contributed by atoms with E-state index in [9.17, 15) is 0 Å². The summed E-state index contributed by atoms with van der Waals surface area (Å²) in [6.45, 7) is 5.24. The van der Waals surface area contributed by atoms with Gasteiger partial charge in [-0.15, -0.1) is 0 Å². The second-order valence-electron chi connectivity index (χ2n) is 9.83. The fraction of sp³-hybridized carbons (Fsp3) is 1.00. The van der Waals surface area contributed by atoms with Gasteiger partial charge in [-0.2, -0.15) is 0 Å². The Balaban J connectivity index is 1.45. The number of fused-ring (bicyclic) bond motifs is 2. The van der Waals surface area contributed by atoms with E-state index in [4.69, 9.17) is 0 Å². The molecule has 22 heavy (non-hydrogen) atoms. The maximum Gasteiger partial charge on any atom is -0.0355 e. The molecule has 0 spiro atoms. The summed E-state index contributed by atoms with van der Waals surface area (Å²) in [6, 6.07) is 0. The van der Waals surface area contributed by atoms with Gasteiger partial charge >= 0.3 is 0 Å². The second-order valence-corrected chi connectivity index (χ2v) is 9.83. The molecule has 0 saturated heterocycles. The Morgan fingerprint density at radius 1 is 0.455 bits per heavy atom. The Morgan fingerprint density at radius 3 is 1.14 bits per heavy atom. The summed E-state index contributed by atoms with van der Waals surface area (Å²) in [7, 11) is 0. The maximum atomic E-state index is 2.62. The largest absolute Gasteiger partial charge is 0.0622 e. The first-order chi connectivity index (χ1) is 10.7. The molecule has 0 amide bonds. The fourth-order valence-corrected chi connectivity index (χ4v) is 7.47. The van der Waals surface area contributed by atoms with Gasteiger partial charge in [0.2, 0.25) is 0 Å². The highest BCUT2D eigenvalue weighted by atomic mass is 14.5. The van der Waals surface area contributed by atoms with Crippen molar-refractivity contribution in [2.45, 2.75) is 90.9 Å². The van der Waals surface area contributed by atoms with Crippen molar-refractivity contribution >= 4 is 0 Å². The summed E-state index contributed by atoms with van der Waals surface area (Å²) in [5.74, 6) is 8.66. The second kappa shape index (κ2) is 6.48. The molecule has 4 aliphatic rings. The van der Waals surface area contributed by atoms with Gasteiger partial charge < -0.3 is 0 Å². The van der Waals surface area contributed by atoms with Crippen molar-refractivity contribution in [1.29, 1.82) is 0 Å². The van der Waals surface area contributed by atoms with Gasteiger partial charge in [-0.05, 0) is 73.0 Å². The van der Waals surface area contributed by atoms with Gasteiger partial charge in [-0.3, -0.25) is 0 Å². The van der Waals surface area contributed by atoms with Crippen LogP contribution in [0.3, 0.4) is 0 Å². The lowest BCUT2D eigenvalue weighted by molar-refractivity contribution is -0.0114. The average Bonchev–Trinajstić information content (AvgIpc) is 2.54. The fourth-order valence-electron chi connectivity index (χ4n) is 7.47. The summed E-state index contributed by atoms with van der Waals surface area (Å²) in [5, 5.41) is 0. The van der Waals surface area contributed by atoms with Crippen molar-refractivity contribution in [2.24, 2.45) is 47.3 Å². The molecule has 8 unspecified atom stereocenters. The number of hydrogen-bond donors (Lipinski definition) is 0. The van der Waals surface area contributed by atoms with Crippen LogP contribution < -0.4 is 0 Å².